The smallest absolute Gasteiger partial charge is 0.267 e. The Hall–Kier alpha value is -2.35. The van der Waals surface area contributed by atoms with Gasteiger partial charge in [0, 0.05) is 59.0 Å². The van der Waals surface area contributed by atoms with Gasteiger partial charge in [0.05, 0.1) is 41.7 Å². The number of alkyl halides is 1. The molecule has 2 amide bonds. The summed E-state index contributed by atoms with van der Waals surface area (Å²) in [6, 6.07) is 16.4. The molecule has 2 heterocycles. The zero-order valence-electron chi connectivity index (χ0n) is 37.3. The largest absolute Gasteiger partial charge is 0.371 e. The van der Waals surface area contributed by atoms with Crippen LogP contribution < -0.4 is 25.0 Å². The Balaban J connectivity index is 0.000000209. The first-order valence-electron chi connectivity index (χ1n) is 21.8. The van der Waals surface area contributed by atoms with Gasteiger partial charge in [-0.25, -0.2) is 35.1 Å². The van der Waals surface area contributed by atoms with E-state index in [1.54, 1.807) is 6.07 Å². The summed E-state index contributed by atoms with van der Waals surface area (Å²) in [5, 5.41) is 1.92. The molecule has 69 heavy (non-hydrogen) atoms. The summed E-state index contributed by atoms with van der Waals surface area (Å²) in [5.74, 6) is -2.47. The first-order valence-corrected chi connectivity index (χ1v) is 28.2. The van der Waals surface area contributed by atoms with Crippen molar-refractivity contribution in [2.75, 3.05) is 36.0 Å². The van der Waals surface area contributed by atoms with Crippen LogP contribution in [0.4, 0.5) is 20.2 Å². The van der Waals surface area contributed by atoms with Crippen LogP contribution in [0.1, 0.15) is 84.2 Å². The number of benzene rings is 4. The summed E-state index contributed by atoms with van der Waals surface area (Å²) in [6.07, 6.45) is 4.53. The maximum Gasteiger partial charge on any atom is 0.267 e. The number of rotatable bonds is 11. The van der Waals surface area contributed by atoms with Crippen LogP contribution >= 0.6 is 97.9 Å². The lowest BCUT2D eigenvalue weighted by Crippen LogP contribution is -2.45. The van der Waals surface area contributed by atoms with Crippen molar-refractivity contribution in [2.45, 2.75) is 80.7 Å². The zero-order valence-corrected chi connectivity index (χ0v) is 45.8. The van der Waals surface area contributed by atoms with Crippen LogP contribution in [0.15, 0.2) is 60.7 Å². The molecule has 4 N–H and O–H groups in total. The van der Waals surface area contributed by atoms with Crippen LogP contribution in [0.5, 0.6) is 0 Å². The molecule has 2 unspecified atom stereocenters. The van der Waals surface area contributed by atoms with E-state index in [9.17, 15) is 35.2 Å². The summed E-state index contributed by atoms with van der Waals surface area (Å²) in [7, 11) is -7.47. The average Bonchev–Trinajstić information content (AvgIpc) is 4.20. The highest BCUT2D eigenvalue weighted by Gasteiger charge is 2.38. The summed E-state index contributed by atoms with van der Waals surface area (Å²) >= 11 is 39.5. The van der Waals surface area contributed by atoms with E-state index in [1.165, 1.54) is 12.1 Å². The molecular weight excluding hydrogens is 1150 g/mol. The Morgan fingerprint density at radius 2 is 1.04 bits per heavy atom. The Kier molecular flexibility index (Phi) is 20.5. The van der Waals surface area contributed by atoms with Crippen LogP contribution in [0.2, 0.25) is 30.1 Å². The van der Waals surface area contributed by atoms with Crippen LogP contribution in [0.25, 0.3) is 0 Å². The molecule has 4 fully saturated rings. The number of piperidine rings is 2. The fraction of sp³-hybridized carbons (Fsp3) is 0.435. The van der Waals surface area contributed by atoms with E-state index in [0.717, 1.165) is 62.5 Å². The topological polar surface area (TPSA) is 159 Å². The normalized spacial score (nSPS) is 20.3. The number of nitrogens with two attached hydrogens (primary N) is 1. The predicted molar refractivity (Wildman–Crippen MR) is 282 cm³/mol. The molecule has 2 aliphatic carbocycles. The molecule has 2 saturated carbocycles. The minimum Gasteiger partial charge on any atom is -0.371 e. The second-order valence-electron chi connectivity index (χ2n) is 17.6. The molecule has 0 radical (unpaired) electrons. The van der Waals surface area contributed by atoms with E-state index in [2.05, 4.69) is 39.6 Å². The number of amides is 2. The summed E-state index contributed by atoms with van der Waals surface area (Å²) < 4.78 is 79.5. The van der Waals surface area contributed by atoms with Crippen LogP contribution in [-0.2, 0) is 31.8 Å². The number of sulfonamides is 2. The zero-order chi connectivity index (χ0) is 49.8. The molecule has 8 rings (SSSR count). The van der Waals surface area contributed by atoms with E-state index in [4.69, 9.17) is 75.3 Å². The second-order valence-corrected chi connectivity index (χ2v) is 24.5. The molecule has 2 saturated heterocycles. The lowest BCUT2D eigenvalue weighted by atomic mass is 9.82. The Bertz CT molecular complexity index is 2760. The van der Waals surface area contributed by atoms with Gasteiger partial charge in [-0.2, -0.15) is 0 Å². The number of carbonyl (C=O) groups excluding carboxylic acids is 2. The molecule has 0 aromatic heterocycles. The fourth-order valence-electron chi connectivity index (χ4n) is 7.85. The van der Waals surface area contributed by atoms with E-state index >= 15 is 0 Å². The van der Waals surface area contributed by atoms with Gasteiger partial charge in [0.25, 0.3) is 11.8 Å². The summed E-state index contributed by atoms with van der Waals surface area (Å²) in [5.41, 5.74) is 8.49. The van der Waals surface area contributed by atoms with Crippen molar-refractivity contribution < 1.29 is 35.2 Å². The van der Waals surface area contributed by atoms with Crippen molar-refractivity contribution in [3.63, 3.8) is 0 Å². The lowest BCUT2D eigenvalue weighted by Gasteiger charge is -2.38. The highest BCUT2D eigenvalue weighted by Crippen LogP contribution is 2.36. The second kappa shape index (κ2) is 24.6. The Morgan fingerprint density at radius 1 is 0.623 bits per heavy atom. The number of carbonyl (C=O) groups is 2. The Morgan fingerprint density at radius 3 is 1.45 bits per heavy atom. The van der Waals surface area contributed by atoms with Gasteiger partial charge in [-0.05, 0) is 134 Å². The van der Waals surface area contributed by atoms with Gasteiger partial charge >= 0.3 is 0 Å². The first-order chi connectivity index (χ1) is 32.0. The van der Waals surface area contributed by atoms with E-state index in [-0.39, 0.29) is 39.5 Å². The van der Waals surface area contributed by atoms with Crippen LogP contribution in [0.3, 0.4) is 0 Å². The number of nitrogens with one attached hydrogen (secondary N) is 2. The quantitative estimate of drug-likeness (QED) is 0.124. The maximum atomic E-state index is 14.7. The van der Waals surface area contributed by atoms with Gasteiger partial charge in [0.15, 0.2) is 0 Å². The molecule has 4 aromatic rings. The number of hydrogen-bond donors (Lipinski definition) is 3. The number of nitrogens with zero attached hydrogens (tertiary/aromatic N) is 2. The van der Waals surface area contributed by atoms with Gasteiger partial charge in [-0.1, -0.05) is 99.4 Å². The van der Waals surface area contributed by atoms with Gasteiger partial charge in [0.2, 0.25) is 20.0 Å². The molecule has 4 atom stereocenters. The molecule has 23 heteroatoms. The molecule has 378 valence electrons. The lowest BCUT2D eigenvalue weighted by molar-refractivity contribution is 0.0968. The van der Waals surface area contributed by atoms with E-state index < -0.39 is 54.0 Å². The number of hydrogen-bond acceptors (Lipinski definition) is 9. The molecule has 0 bridgehead atoms. The van der Waals surface area contributed by atoms with Crippen LogP contribution in [-0.4, -0.2) is 71.4 Å². The number of anilines is 2. The first kappa shape index (κ1) is 57.5. The van der Waals surface area contributed by atoms with Crippen LogP contribution in [0, 0.1) is 29.4 Å². The van der Waals surface area contributed by atoms with Gasteiger partial charge < -0.3 is 15.5 Å². The molecule has 2 aliphatic heterocycles. The van der Waals surface area contributed by atoms with Crippen molar-refractivity contribution in [3.8, 4) is 0 Å². The molecular formula is C46H51BrCl7F2N5O6S2. The van der Waals surface area contributed by atoms with Crippen molar-refractivity contribution in [3.05, 3.63) is 125 Å². The highest BCUT2D eigenvalue weighted by atomic mass is 79.9. The molecule has 0 spiro atoms. The third-order valence-corrected chi connectivity index (χ3v) is 18.8. The predicted octanol–water partition coefficient (Wildman–Crippen LogP) is 11.9. The third kappa shape index (κ3) is 15.3. The SMILES string of the molecule is C[C@@H]1CN(c2ccc(Cl)c(Cl)c2)CCC1Cc1cc(F)c(C(=O)NS(=O)(=O)C2CC2)cc1Cl.C[C@@H]1CN(c2ccc(Cl)c(Cl)c2)CCC1N.Cl.O=C(NS(=O)(=O)C1CC1)c1cc(Cl)c(CBr)cc1F. The molecule has 4 aliphatic rings. The Labute approximate surface area is 447 Å². The third-order valence-electron chi connectivity index (χ3n) is 12.4. The molecule has 4 aromatic carbocycles. The molecule has 11 nitrogen and oxygen atoms in total. The average molecular weight is 1200 g/mol. The van der Waals surface area contributed by atoms with Gasteiger partial charge in [0.1, 0.15) is 11.6 Å². The summed E-state index contributed by atoms with van der Waals surface area (Å²) in [4.78, 5) is 28.7. The van der Waals surface area contributed by atoms with Gasteiger partial charge in [-0.15, -0.1) is 12.4 Å². The van der Waals surface area contributed by atoms with Crippen molar-refractivity contribution in [1.82, 2.24) is 9.44 Å². The number of halogens is 10. The van der Waals surface area contributed by atoms with Crippen molar-refractivity contribution >= 4 is 141 Å². The fourth-order valence-corrected chi connectivity index (χ4v) is 12.1. The standard InChI is InChI=1S/C23H24Cl3FN2O3S.C12H16Cl2N2.C11H10BrClFNO3S.ClH/c1-13-12-29(16-2-5-19(24)21(26)10-16)7-6-14(13)8-15-9-22(27)18(11-20(15)25)23(30)28-33(31,32)17-3-4-17;1-8-7-16(5-4-12(8)15)9-2-3-10(13)11(14)6-9;12-5-6-3-10(14)8(4-9(6)13)11(16)15-19(17,18)7-1-2-7;/h2,5,9-11,13-14,17H,3-4,6-8,12H2,1H3,(H,28,30);2-3,6,8,12H,4-5,7,15H2,1H3;3-4,7H,1-2,5H2,(H,15,16);1H/t13-,14?;8-,12?;;/m11../s1. The van der Waals surface area contributed by atoms with Gasteiger partial charge in [-0.3, -0.25) is 9.59 Å². The van der Waals surface area contributed by atoms with E-state index in [1.807, 2.05) is 39.8 Å². The summed E-state index contributed by atoms with van der Waals surface area (Å²) in [6.45, 7) is 7.93. The minimum absolute atomic E-state index is 0. The van der Waals surface area contributed by atoms with E-state index in [0.29, 0.717) is 86.5 Å². The minimum atomic E-state index is -3.77. The van der Waals surface area contributed by atoms with Crippen molar-refractivity contribution in [1.29, 1.82) is 0 Å². The monoisotopic (exact) mass is 1200 g/mol. The highest BCUT2D eigenvalue weighted by molar-refractivity contribution is 9.08. The van der Waals surface area contributed by atoms with Crippen molar-refractivity contribution in [2.24, 2.45) is 23.5 Å². The maximum absolute atomic E-state index is 14.7.